The molecule has 3 rings (SSSR count). The Labute approximate surface area is 160 Å². The van der Waals surface area contributed by atoms with Gasteiger partial charge in [-0.1, -0.05) is 18.2 Å². The van der Waals surface area contributed by atoms with Crippen LogP contribution in [-0.2, 0) is 6.18 Å². The number of hydrogen-bond donors (Lipinski definition) is 2. The van der Waals surface area contributed by atoms with Crippen molar-refractivity contribution in [2.75, 3.05) is 5.32 Å². The van der Waals surface area contributed by atoms with Crippen LogP contribution >= 0.6 is 0 Å². The van der Waals surface area contributed by atoms with Crippen molar-refractivity contribution in [3.8, 4) is 11.1 Å². The van der Waals surface area contributed by atoms with Crippen LogP contribution in [0.3, 0.4) is 0 Å². The molecule has 0 unspecified atom stereocenters. The Morgan fingerprint density at radius 1 is 1.07 bits per heavy atom. The first-order chi connectivity index (χ1) is 13.6. The number of nitrogens with zero attached hydrogens (tertiary/aromatic N) is 2. The quantitative estimate of drug-likeness (QED) is 0.541. The van der Waals surface area contributed by atoms with Gasteiger partial charge in [-0.25, -0.2) is 23.5 Å². The maximum atomic E-state index is 13.4. The van der Waals surface area contributed by atoms with Crippen LogP contribution < -0.4 is 5.32 Å². The van der Waals surface area contributed by atoms with Crippen molar-refractivity contribution >= 4 is 17.6 Å². The molecule has 2 N–H and O–H groups in total. The predicted molar refractivity (Wildman–Crippen MR) is 94.1 cm³/mol. The molecule has 29 heavy (non-hydrogen) atoms. The molecule has 0 aliphatic carbocycles. The van der Waals surface area contributed by atoms with Crippen LogP contribution in [0.4, 0.5) is 33.6 Å². The average Bonchev–Trinajstić information content (AvgIpc) is 2.67. The van der Waals surface area contributed by atoms with Crippen LogP contribution in [0.25, 0.3) is 11.1 Å². The molecule has 1 heterocycles. The van der Waals surface area contributed by atoms with Gasteiger partial charge in [-0.3, -0.25) is 0 Å². The SMILES string of the molecule is O=C(O)c1ccc(C(F)F)c(-c2cccc(Nc3nccc(C(F)(F)F)n3)c2)c1. The third-order valence-corrected chi connectivity index (χ3v) is 3.91. The summed E-state index contributed by atoms with van der Waals surface area (Å²) >= 11 is 0. The van der Waals surface area contributed by atoms with Crippen molar-refractivity contribution in [1.82, 2.24) is 9.97 Å². The van der Waals surface area contributed by atoms with Gasteiger partial charge >= 0.3 is 12.1 Å². The second-order valence-electron chi connectivity index (χ2n) is 5.88. The molecule has 0 atom stereocenters. The van der Waals surface area contributed by atoms with Crippen molar-refractivity contribution < 1.29 is 31.9 Å². The monoisotopic (exact) mass is 409 g/mol. The van der Waals surface area contributed by atoms with E-state index < -0.39 is 24.3 Å². The van der Waals surface area contributed by atoms with Gasteiger partial charge < -0.3 is 10.4 Å². The van der Waals surface area contributed by atoms with Gasteiger partial charge in [0.25, 0.3) is 6.43 Å². The molecule has 2 aromatic carbocycles. The number of halogens is 5. The highest BCUT2D eigenvalue weighted by atomic mass is 19.4. The van der Waals surface area contributed by atoms with Gasteiger partial charge in [0, 0.05) is 17.4 Å². The molecule has 0 aliphatic heterocycles. The Kier molecular flexibility index (Phi) is 5.44. The number of nitrogens with one attached hydrogen (secondary N) is 1. The molecule has 3 aromatic rings. The van der Waals surface area contributed by atoms with Crippen molar-refractivity contribution in [2.24, 2.45) is 0 Å². The Balaban J connectivity index is 1.99. The molecule has 0 radical (unpaired) electrons. The topological polar surface area (TPSA) is 75.1 Å². The maximum absolute atomic E-state index is 13.4. The van der Waals surface area contributed by atoms with E-state index in [9.17, 15) is 26.7 Å². The average molecular weight is 409 g/mol. The molecule has 0 saturated heterocycles. The molecule has 0 aliphatic rings. The summed E-state index contributed by atoms with van der Waals surface area (Å²) in [5.74, 6) is -1.61. The molecule has 0 amide bonds. The van der Waals surface area contributed by atoms with Crippen LogP contribution in [0.2, 0.25) is 0 Å². The smallest absolute Gasteiger partial charge is 0.433 e. The lowest BCUT2D eigenvalue weighted by molar-refractivity contribution is -0.141. The van der Waals surface area contributed by atoms with E-state index in [-0.39, 0.29) is 33.9 Å². The fourth-order valence-electron chi connectivity index (χ4n) is 2.60. The van der Waals surface area contributed by atoms with E-state index in [0.717, 1.165) is 24.4 Å². The molecule has 0 spiro atoms. The predicted octanol–water partition coefficient (Wildman–Crippen LogP) is 5.54. The maximum Gasteiger partial charge on any atom is 0.433 e. The zero-order valence-electron chi connectivity index (χ0n) is 14.4. The Hall–Kier alpha value is -3.56. The molecular formula is C19H12F5N3O2. The first kappa shape index (κ1) is 20.2. The lowest BCUT2D eigenvalue weighted by Crippen LogP contribution is -2.10. The number of benzene rings is 2. The zero-order chi connectivity index (χ0) is 21.2. The summed E-state index contributed by atoms with van der Waals surface area (Å²) in [6, 6.07) is 9.76. The molecule has 150 valence electrons. The molecule has 10 heteroatoms. The van der Waals surface area contributed by atoms with Crippen molar-refractivity contribution in [1.29, 1.82) is 0 Å². The van der Waals surface area contributed by atoms with E-state index >= 15 is 0 Å². The fraction of sp³-hybridized carbons (Fsp3) is 0.105. The number of anilines is 2. The van der Waals surface area contributed by atoms with Gasteiger partial charge in [0.05, 0.1) is 5.56 Å². The van der Waals surface area contributed by atoms with E-state index in [1.807, 2.05) is 0 Å². The van der Waals surface area contributed by atoms with Crippen LogP contribution in [0.1, 0.15) is 28.0 Å². The summed E-state index contributed by atoms with van der Waals surface area (Å²) in [5, 5.41) is 11.7. The summed E-state index contributed by atoms with van der Waals surface area (Å²) < 4.78 is 65.1. The largest absolute Gasteiger partial charge is 0.478 e. The Bertz CT molecular complexity index is 1050. The molecule has 0 bridgehead atoms. The van der Waals surface area contributed by atoms with Gasteiger partial charge in [-0.15, -0.1) is 0 Å². The summed E-state index contributed by atoms with van der Waals surface area (Å²) in [4.78, 5) is 18.3. The van der Waals surface area contributed by atoms with Gasteiger partial charge in [0.15, 0.2) is 0 Å². The Morgan fingerprint density at radius 3 is 2.48 bits per heavy atom. The normalized spacial score (nSPS) is 11.5. The number of alkyl halides is 5. The van der Waals surface area contributed by atoms with Crippen LogP contribution in [0, 0.1) is 0 Å². The lowest BCUT2D eigenvalue weighted by Gasteiger charge is -2.13. The van der Waals surface area contributed by atoms with Gasteiger partial charge in [-0.2, -0.15) is 13.2 Å². The summed E-state index contributed by atoms with van der Waals surface area (Å²) in [6.45, 7) is 0. The summed E-state index contributed by atoms with van der Waals surface area (Å²) in [7, 11) is 0. The van der Waals surface area contributed by atoms with Gasteiger partial charge in [0.1, 0.15) is 5.69 Å². The minimum atomic E-state index is -4.65. The first-order valence-electron chi connectivity index (χ1n) is 8.08. The Morgan fingerprint density at radius 2 is 1.83 bits per heavy atom. The first-order valence-corrected chi connectivity index (χ1v) is 8.08. The molecule has 5 nitrogen and oxygen atoms in total. The number of hydrogen-bond acceptors (Lipinski definition) is 4. The molecule has 0 saturated carbocycles. The summed E-state index contributed by atoms with van der Waals surface area (Å²) in [5.41, 5.74) is -1.21. The highest BCUT2D eigenvalue weighted by Crippen LogP contribution is 2.34. The minimum Gasteiger partial charge on any atom is -0.478 e. The third-order valence-electron chi connectivity index (χ3n) is 3.91. The highest BCUT2D eigenvalue weighted by Gasteiger charge is 2.32. The minimum absolute atomic E-state index is 0.00601. The molecule has 1 aromatic heterocycles. The number of aromatic carboxylic acids is 1. The number of aromatic nitrogens is 2. The van der Waals surface area contributed by atoms with Gasteiger partial charge in [0.2, 0.25) is 5.95 Å². The van der Waals surface area contributed by atoms with Crippen molar-refractivity contribution in [3.63, 3.8) is 0 Å². The second-order valence-corrected chi connectivity index (χ2v) is 5.88. The number of carboxylic acid groups (broad SMARTS) is 1. The van der Waals surface area contributed by atoms with E-state index in [2.05, 4.69) is 15.3 Å². The van der Waals surface area contributed by atoms with Crippen LogP contribution in [-0.4, -0.2) is 21.0 Å². The molecular weight excluding hydrogens is 397 g/mol. The number of rotatable bonds is 5. The lowest BCUT2D eigenvalue weighted by atomic mass is 9.97. The molecule has 0 fully saturated rings. The van der Waals surface area contributed by atoms with E-state index in [1.165, 1.54) is 24.3 Å². The van der Waals surface area contributed by atoms with E-state index in [0.29, 0.717) is 6.07 Å². The fourth-order valence-corrected chi connectivity index (χ4v) is 2.60. The number of carbonyl (C=O) groups is 1. The standard InChI is InChI=1S/C19H12F5N3O2/c20-16(21)13-5-4-11(17(28)29)9-14(13)10-2-1-3-12(8-10)26-18-25-7-6-15(27-18)19(22,23)24/h1-9,16H,(H,28,29)(H,25,26,27). The number of carboxylic acids is 1. The van der Waals surface area contributed by atoms with Crippen molar-refractivity contribution in [3.05, 3.63) is 71.5 Å². The van der Waals surface area contributed by atoms with Crippen LogP contribution in [0.15, 0.2) is 54.7 Å². The van der Waals surface area contributed by atoms with E-state index in [4.69, 9.17) is 5.11 Å². The van der Waals surface area contributed by atoms with E-state index in [1.54, 1.807) is 0 Å². The highest BCUT2D eigenvalue weighted by molar-refractivity contribution is 5.90. The summed E-state index contributed by atoms with van der Waals surface area (Å²) in [6.07, 6.45) is -6.56. The zero-order valence-corrected chi connectivity index (χ0v) is 14.4. The second kappa shape index (κ2) is 7.82. The third kappa shape index (κ3) is 4.65. The van der Waals surface area contributed by atoms with Crippen LogP contribution in [0.5, 0.6) is 0 Å². The van der Waals surface area contributed by atoms with Gasteiger partial charge in [-0.05, 0) is 41.5 Å². The van der Waals surface area contributed by atoms with Crippen molar-refractivity contribution in [2.45, 2.75) is 12.6 Å².